The molecule has 25 heavy (non-hydrogen) atoms. The van der Waals surface area contributed by atoms with Gasteiger partial charge in [0.1, 0.15) is 37.5 Å². The van der Waals surface area contributed by atoms with Crippen molar-refractivity contribution in [3.63, 3.8) is 0 Å². The Kier molecular flexibility index (Phi) is 7.31. The van der Waals surface area contributed by atoms with Gasteiger partial charge >= 0.3 is 0 Å². The molecule has 0 saturated heterocycles. The molecule has 1 aliphatic heterocycles. The number of ether oxygens (including phenoxy) is 3. The number of aliphatic hydroxyl groups excluding tert-OH is 1. The molecule has 0 aliphatic carbocycles. The van der Waals surface area contributed by atoms with Crippen molar-refractivity contribution in [1.82, 2.24) is 5.32 Å². The molecule has 0 bridgehead atoms. The number of para-hydroxylation sites is 1. The monoisotopic (exact) mass is 369 g/mol. The summed E-state index contributed by atoms with van der Waals surface area (Å²) in [5, 5.41) is 13.1. The Hall–Kier alpha value is -2.02. The number of benzene rings is 2. The fourth-order valence-electron chi connectivity index (χ4n) is 2.43. The molecule has 0 saturated carbocycles. The number of halogens is 2. The van der Waals surface area contributed by atoms with Crippen LogP contribution in [0.1, 0.15) is 5.56 Å². The molecule has 1 aliphatic rings. The third kappa shape index (κ3) is 5.49. The Morgan fingerprint density at radius 1 is 1.12 bits per heavy atom. The molecule has 1 unspecified atom stereocenters. The number of nitrogens with one attached hydrogen (secondary N) is 1. The van der Waals surface area contributed by atoms with Crippen LogP contribution in [0.2, 0.25) is 0 Å². The molecular formula is C18H21ClFNO4. The van der Waals surface area contributed by atoms with E-state index in [1.807, 2.05) is 18.2 Å². The van der Waals surface area contributed by atoms with Crippen molar-refractivity contribution in [3.05, 3.63) is 53.8 Å². The second-order valence-electron chi connectivity index (χ2n) is 5.49. The first kappa shape index (κ1) is 19.3. The van der Waals surface area contributed by atoms with Gasteiger partial charge in [-0.2, -0.15) is 0 Å². The molecule has 0 fully saturated rings. The first-order chi connectivity index (χ1) is 11.7. The summed E-state index contributed by atoms with van der Waals surface area (Å²) in [6.45, 7) is 2.15. The normalized spacial score (nSPS) is 13.7. The zero-order valence-corrected chi connectivity index (χ0v) is 14.4. The average molecular weight is 370 g/mol. The predicted octanol–water partition coefficient (Wildman–Crippen LogP) is 2.55. The highest BCUT2D eigenvalue weighted by molar-refractivity contribution is 5.85. The molecule has 0 spiro atoms. The van der Waals surface area contributed by atoms with Crippen LogP contribution >= 0.6 is 12.4 Å². The summed E-state index contributed by atoms with van der Waals surface area (Å²) in [5.74, 6) is 1.72. The number of hydrogen-bond donors (Lipinski definition) is 2. The Morgan fingerprint density at radius 3 is 2.68 bits per heavy atom. The largest absolute Gasteiger partial charge is 0.491 e. The summed E-state index contributed by atoms with van der Waals surface area (Å²) in [4.78, 5) is 0. The number of rotatable bonds is 7. The number of aliphatic hydroxyl groups is 1. The first-order valence-corrected chi connectivity index (χ1v) is 7.87. The zero-order valence-electron chi connectivity index (χ0n) is 13.6. The predicted molar refractivity (Wildman–Crippen MR) is 94.3 cm³/mol. The SMILES string of the molecule is Cl.OC(CNCc1cccc2c1OCCO2)COc1ccc(F)cc1. The molecule has 2 aromatic carbocycles. The van der Waals surface area contributed by atoms with Crippen LogP contribution in [0.5, 0.6) is 17.2 Å². The van der Waals surface area contributed by atoms with Crippen LogP contribution in [-0.2, 0) is 6.54 Å². The lowest BCUT2D eigenvalue weighted by Crippen LogP contribution is -2.31. The van der Waals surface area contributed by atoms with E-state index in [1.54, 1.807) is 0 Å². The van der Waals surface area contributed by atoms with E-state index >= 15 is 0 Å². The number of fused-ring (bicyclic) bond motifs is 1. The van der Waals surface area contributed by atoms with Crippen LogP contribution in [0.15, 0.2) is 42.5 Å². The van der Waals surface area contributed by atoms with Crippen LogP contribution in [0.4, 0.5) is 4.39 Å². The van der Waals surface area contributed by atoms with Crippen LogP contribution in [0, 0.1) is 5.82 Å². The maximum atomic E-state index is 12.8. The van der Waals surface area contributed by atoms with Gasteiger partial charge in [0.15, 0.2) is 11.5 Å². The summed E-state index contributed by atoms with van der Waals surface area (Å²) < 4.78 is 29.4. The highest BCUT2D eigenvalue weighted by Crippen LogP contribution is 2.33. The van der Waals surface area contributed by atoms with Crippen molar-refractivity contribution >= 4 is 12.4 Å². The average Bonchev–Trinajstić information content (AvgIpc) is 2.61. The summed E-state index contributed by atoms with van der Waals surface area (Å²) in [5.41, 5.74) is 0.985. The third-order valence-electron chi connectivity index (χ3n) is 3.60. The van der Waals surface area contributed by atoms with Gasteiger partial charge in [-0.3, -0.25) is 0 Å². The molecule has 2 N–H and O–H groups in total. The van der Waals surface area contributed by atoms with Crippen LogP contribution in [0.3, 0.4) is 0 Å². The van der Waals surface area contributed by atoms with Crippen molar-refractivity contribution in [2.45, 2.75) is 12.6 Å². The summed E-state index contributed by atoms with van der Waals surface area (Å²) in [6.07, 6.45) is -0.674. The second kappa shape index (κ2) is 9.46. The van der Waals surface area contributed by atoms with Gasteiger partial charge in [0, 0.05) is 18.7 Å². The van der Waals surface area contributed by atoms with E-state index in [2.05, 4.69) is 5.32 Å². The van der Waals surface area contributed by atoms with Gasteiger partial charge in [0.2, 0.25) is 0 Å². The molecule has 1 atom stereocenters. The maximum absolute atomic E-state index is 12.8. The lowest BCUT2D eigenvalue weighted by Gasteiger charge is -2.21. The van der Waals surface area contributed by atoms with E-state index < -0.39 is 6.10 Å². The topological polar surface area (TPSA) is 60.0 Å². The van der Waals surface area contributed by atoms with Gasteiger partial charge in [0.25, 0.3) is 0 Å². The van der Waals surface area contributed by atoms with Crippen molar-refractivity contribution < 1.29 is 23.7 Å². The quantitative estimate of drug-likeness (QED) is 0.785. The van der Waals surface area contributed by atoms with E-state index in [1.165, 1.54) is 24.3 Å². The lowest BCUT2D eigenvalue weighted by atomic mass is 10.1. The summed E-state index contributed by atoms with van der Waals surface area (Å²) in [6, 6.07) is 11.5. The third-order valence-corrected chi connectivity index (χ3v) is 3.60. The van der Waals surface area contributed by atoms with Gasteiger partial charge in [-0.15, -0.1) is 12.4 Å². The Balaban J connectivity index is 0.00000225. The highest BCUT2D eigenvalue weighted by Gasteiger charge is 2.15. The molecule has 1 heterocycles. The highest BCUT2D eigenvalue weighted by atomic mass is 35.5. The van der Waals surface area contributed by atoms with E-state index in [0.29, 0.717) is 32.1 Å². The van der Waals surface area contributed by atoms with E-state index in [0.717, 1.165) is 17.1 Å². The Bertz CT molecular complexity index is 669. The first-order valence-electron chi connectivity index (χ1n) is 7.87. The Morgan fingerprint density at radius 2 is 1.88 bits per heavy atom. The summed E-state index contributed by atoms with van der Waals surface area (Å²) in [7, 11) is 0. The molecule has 0 amide bonds. The van der Waals surface area contributed by atoms with Gasteiger partial charge < -0.3 is 24.6 Å². The smallest absolute Gasteiger partial charge is 0.165 e. The van der Waals surface area contributed by atoms with Crippen molar-refractivity contribution in [3.8, 4) is 17.2 Å². The lowest BCUT2D eigenvalue weighted by molar-refractivity contribution is 0.106. The van der Waals surface area contributed by atoms with Crippen LogP contribution in [0.25, 0.3) is 0 Å². The van der Waals surface area contributed by atoms with Crippen molar-refractivity contribution in [2.75, 3.05) is 26.4 Å². The van der Waals surface area contributed by atoms with Gasteiger partial charge in [-0.1, -0.05) is 12.1 Å². The molecule has 3 rings (SSSR count). The molecule has 7 heteroatoms. The van der Waals surface area contributed by atoms with Crippen molar-refractivity contribution in [1.29, 1.82) is 0 Å². The number of hydrogen-bond acceptors (Lipinski definition) is 5. The standard InChI is InChI=1S/C18H20FNO4.ClH/c19-14-4-6-16(7-5-14)24-12-15(21)11-20-10-13-2-1-3-17-18(13)23-9-8-22-17;/h1-7,15,20-21H,8-12H2;1H. The van der Waals surface area contributed by atoms with E-state index in [4.69, 9.17) is 14.2 Å². The minimum atomic E-state index is -0.674. The zero-order chi connectivity index (χ0) is 16.8. The molecule has 2 aromatic rings. The molecule has 5 nitrogen and oxygen atoms in total. The molecule has 136 valence electrons. The second-order valence-corrected chi connectivity index (χ2v) is 5.49. The van der Waals surface area contributed by atoms with E-state index in [9.17, 15) is 9.50 Å². The van der Waals surface area contributed by atoms with E-state index in [-0.39, 0.29) is 24.8 Å². The molecule has 0 aromatic heterocycles. The maximum Gasteiger partial charge on any atom is 0.165 e. The summed E-state index contributed by atoms with van der Waals surface area (Å²) >= 11 is 0. The van der Waals surface area contributed by atoms with Gasteiger partial charge in [-0.05, 0) is 30.3 Å². The minimum Gasteiger partial charge on any atom is -0.491 e. The molecule has 0 radical (unpaired) electrons. The van der Waals surface area contributed by atoms with Crippen LogP contribution in [-0.4, -0.2) is 37.6 Å². The van der Waals surface area contributed by atoms with Crippen LogP contribution < -0.4 is 19.5 Å². The van der Waals surface area contributed by atoms with Crippen molar-refractivity contribution in [2.24, 2.45) is 0 Å². The minimum absolute atomic E-state index is 0. The molecular weight excluding hydrogens is 349 g/mol. The van der Waals surface area contributed by atoms with Gasteiger partial charge in [-0.25, -0.2) is 4.39 Å². The fraction of sp³-hybridized carbons (Fsp3) is 0.333. The Labute approximate surface area is 152 Å². The fourth-order valence-corrected chi connectivity index (χ4v) is 2.43. The van der Waals surface area contributed by atoms with Gasteiger partial charge in [0.05, 0.1) is 0 Å².